The zero-order chi connectivity index (χ0) is 23.7. The topological polar surface area (TPSA) is 103 Å². The predicted octanol–water partition coefficient (Wildman–Crippen LogP) is 4.40. The molecule has 0 saturated carbocycles. The number of hydrogen-bond acceptors (Lipinski definition) is 6. The number of aliphatic hydroxyl groups is 1. The van der Waals surface area contributed by atoms with Crippen molar-refractivity contribution in [2.45, 2.75) is 0 Å². The highest BCUT2D eigenvalue weighted by atomic mass is 16.6. The first-order chi connectivity index (χ1) is 16.5. The first kappa shape index (κ1) is 21.4. The van der Waals surface area contributed by atoms with Crippen LogP contribution in [0.5, 0.6) is 5.75 Å². The number of ether oxygens (including phenoxy) is 2. The molecule has 0 atom stereocenters. The minimum Gasteiger partial charge on any atom is -0.452 e. The SMILES string of the molecule is Cn1cc(/C=C2\Oc3ccc(NC(=O)OCCO)cc3C2=O)c2c(-c3ccccc3)ccnc21. The number of Topliss-reactive ketones (excluding diaryl/α,β-unsaturated/α-hetero) is 1. The quantitative estimate of drug-likeness (QED) is 0.433. The van der Waals surface area contributed by atoms with Gasteiger partial charge in [0.25, 0.3) is 0 Å². The number of ketones is 1. The highest BCUT2D eigenvalue weighted by molar-refractivity contribution is 6.16. The molecule has 0 radical (unpaired) electrons. The number of aliphatic hydroxyl groups excluding tert-OH is 1. The monoisotopic (exact) mass is 455 g/mol. The van der Waals surface area contributed by atoms with Crippen LogP contribution in [-0.4, -0.2) is 39.7 Å². The lowest BCUT2D eigenvalue weighted by Crippen LogP contribution is -2.15. The summed E-state index contributed by atoms with van der Waals surface area (Å²) in [4.78, 5) is 29.4. The number of allylic oxidation sites excluding steroid dienone is 1. The van der Waals surface area contributed by atoms with Crippen LogP contribution in [-0.2, 0) is 11.8 Å². The number of fused-ring (bicyclic) bond motifs is 2. The van der Waals surface area contributed by atoms with Crippen LogP contribution in [0.2, 0.25) is 0 Å². The van der Waals surface area contributed by atoms with E-state index in [1.54, 1.807) is 30.5 Å². The van der Waals surface area contributed by atoms with E-state index in [0.29, 0.717) is 17.0 Å². The second kappa shape index (κ2) is 8.84. The van der Waals surface area contributed by atoms with Crippen LogP contribution in [0.1, 0.15) is 15.9 Å². The van der Waals surface area contributed by atoms with Crippen LogP contribution in [0.3, 0.4) is 0 Å². The lowest BCUT2D eigenvalue weighted by Gasteiger charge is -2.06. The van der Waals surface area contributed by atoms with E-state index in [1.807, 2.05) is 54.2 Å². The number of aromatic nitrogens is 2. The predicted molar refractivity (Wildman–Crippen MR) is 128 cm³/mol. The van der Waals surface area contributed by atoms with E-state index in [1.165, 1.54) is 0 Å². The van der Waals surface area contributed by atoms with Crippen molar-refractivity contribution in [1.82, 2.24) is 9.55 Å². The third-order valence-electron chi connectivity index (χ3n) is 5.50. The van der Waals surface area contributed by atoms with Crippen molar-refractivity contribution < 1.29 is 24.2 Å². The number of aryl methyl sites for hydroxylation is 1. The number of carbonyl (C=O) groups excluding carboxylic acids is 2. The van der Waals surface area contributed by atoms with Crippen LogP contribution < -0.4 is 10.1 Å². The number of carbonyl (C=O) groups is 2. The van der Waals surface area contributed by atoms with Crippen molar-refractivity contribution in [3.63, 3.8) is 0 Å². The van der Waals surface area contributed by atoms with Gasteiger partial charge in [0.1, 0.15) is 18.0 Å². The first-order valence-electron chi connectivity index (χ1n) is 10.7. The molecule has 0 fully saturated rings. The van der Waals surface area contributed by atoms with Gasteiger partial charge in [-0.05, 0) is 41.5 Å². The fraction of sp³-hybridized carbons (Fsp3) is 0.115. The van der Waals surface area contributed by atoms with E-state index in [-0.39, 0.29) is 24.8 Å². The molecule has 0 saturated heterocycles. The number of hydrogen-bond donors (Lipinski definition) is 2. The minimum atomic E-state index is -0.715. The summed E-state index contributed by atoms with van der Waals surface area (Å²) in [6, 6.07) is 16.7. The molecule has 2 aromatic heterocycles. The number of anilines is 1. The average Bonchev–Trinajstić information content (AvgIpc) is 3.34. The number of nitrogens with zero attached hydrogens (tertiary/aromatic N) is 2. The number of nitrogens with one attached hydrogen (secondary N) is 1. The molecule has 1 amide bonds. The van der Waals surface area contributed by atoms with Gasteiger partial charge in [0.15, 0.2) is 5.76 Å². The normalized spacial score (nSPS) is 13.7. The smallest absolute Gasteiger partial charge is 0.411 e. The Balaban J connectivity index is 1.50. The van der Waals surface area contributed by atoms with E-state index in [9.17, 15) is 9.59 Å². The molecule has 34 heavy (non-hydrogen) atoms. The maximum atomic E-state index is 13.1. The molecule has 0 aliphatic carbocycles. The summed E-state index contributed by atoms with van der Waals surface area (Å²) in [6.07, 6.45) is 4.70. The van der Waals surface area contributed by atoms with Crippen LogP contribution >= 0.6 is 0 Å². The van der Waals surface area contributed by atoms with Crippen molar-refractivity contribution in [1.29, 1.82) is 0 Å². The Morgan fingerprint density at radius 3 is 2.79 bits per heavy atom. The van der Waals surface area contributed by atoms with Crippen molar-refractivity contribution in [3.8, 4) is 16.9 Å². The van der Waals surface area contributed by atoms with Gasteiger partial charge >= 0.3 is 6.09 Å². The fourth-order valence-corrected chi connectivity index (χ4v) is 4.01. The average molecular weight is 455 g/mol. The van der Waals surface area contributed by atoms with Crippen molar-refractivity contribution in [3.05, 3.63) is 83.9 Å². The van der Waals surface area contributed by atoms with Gasteiger partial charge in [-0.1, -0.05) is 30.3 Å². The van der Waals surface area contributed by atoms with E-state index < -0.39 is 6.09 Å². The Labute approximate surface area is 195 Å². The molecule has 5 rings (SSSR count). The molecule has 8 heteroatoms. The Kier molecular flexibility index (Phi) is 5.57. The van der Waals surface area contributed by atoms with E-state index >= 15 is 0 Å². The van der Waals surface area contributed by atoms with Crippen LogP contribution in [0.15, 0.2) is 72.8 Å². The third kappa shape index (κ3) is 3.91. The molecule has 1 aliphatic rings. The summed E-state index contributed by atoms with van der Waals surface area (Å²) >= 11 is 0. The van der Waals surface area contributed by atoms with Crippen LogP contribution in [0.4, 0.5) is 10.5 Å². The summed E-state index contributed by atoms with van der Waals surface area (Å²) in [5, 5.41) is 12.2. The molecular weight excluding hydrogens is 434 g/mol. The van der Waals surface area contributed by atoms with Gasteiger partial charge in [-0.15, -0.1) is 0 Å². The van der Waals surface area contributed by atoms with Gasteiger partial charge in [-0.25, -0.2) is 9.78 Å². The van der Waals surface area contributed by atoms with Gasteiger partial charge in [-0.3, -0.25) is 10.1 Å². The summed E-state index contributed by atoms with van der Waals surface area (Å²) in [5.41, 5.74) is 4.39. The highest BCUT2D eigenvalue weighted by Crippen LogP contribution is 2.36. The van der Waals surface area contributed by atoms with Crippen LogP contribution in [0.25, 0.3) is 28.2 Å². The lowest BCUT2D eigenvalue weighted by atomic mass is 10.0. The van der Waals surface area contributed by atoms with Gasteiger partial charge in [0, 0.05) is 36.1 Å². The first-order valence-corrected chi connectivity index (χ1v) is 10.7. The van der Waals surface area contributed by atoms with Crippen LogP contribution in [0, 0.1) is 0 Å². The molecule has 0 spiro atoms. The molecular formula is C26H21N3O5. The Bertz CT molecular complexity index is 1440. The minimum absolute atomic E-state index is 0.115. The summed E-state index contributed by atoms with van der Waals surface area (Å²) in [5.74, 6) is 0.307. The lowest BCUT2D eigenvalue weighted by molar-refractivity contribution is 0.101. The third-order valence-corrected chi connectivity index (χ3v) is 5.50. The summed E-state index contributed by atoms with van der Waals surface area (Å²) < 4.78 is 12.6. The zero-order valence-corrected chi connectivity index (χ0v) is 18.3. The molecule has 1 aliphatic heterocycles. The molecule has 0 unspecified atom stereocenters. The molecule has 3 heterocycles. The molecule has 4 aromatic rings. The van der Waals surface area contributed by atoms with E-state index in [0.717, 1.165) is 27.7 Å². The summed E-state index contributed by atoms with van der Waals surface area (Å²) in [7, 11) is 1.91. The standard InChI is InChI=1S/C26H21N3O5/c1-29-15-17(23-19(9-10-27-25(23)29)16-5-3-2-4-6-16)13-22-24(31)20-14-18(7-8-21(20)34-22)28-26(32)33-12-11-30/h2-10,13-15,30H,11-12H2,1H3,(H,28,32)/b22-13-. The van der Waals surface area contributed by atoms with Gasteiger partial charge in [0.05, 0.1) is 12.2 Å². The number of benzene rings is 2. The largest absolute Gasteiger partial charge is 0.452 e. The van der Waals surface area contributed by atoms with E-state index in [2.05, 4.69) is 10.3 Å². The number of pyridine rings is 1. The molecule has 8 nitrogen and oxygen atoms in total. The Morgan fingerprint density at radius 2 is 2.00 bits per heavy atom. The summed E-state index contributed by atoms with van der Waals surface area (Å²) in [6.45, 7) is -0.385. The highest BCUT2D eigenvalue weighted by Gasteiger charge is 2.28. The molecule has 2 N–H and O–H groups in total. The van der Waals surface area contributed by atoms with Gasteiger partial charge in [-0.2, -0.15) is 0 Å². The number of rotatable bonds is 5. The molecule has 0 bridgehead atoms. The molecule has 2 aromatic carbocycles. The second-order valence-electron chi connectivity index (χ2n) is 7.75. The van der Waals surface area contributed by atoms with Crippen molar-refractivity contribution in [2.24, 2.45) is 7.05 Å². The Hall–Kier alpha value is -4.43. The second-order valence-corrected chi connectivity index (χ2v) is 7.75. The maximum absolute atomic E-state index is 13.1. The fourth-order valence-electron chi connectivity index (χ4n) is 4.01. The van der Waals surface area contributed by atoms with Gasteiger partial charge in [0.2, 0.25) is 5.78 Å². The van der Waals surface area contributed by atoms with Crippen molar-refractivity contribution >= 4 is 34.7 Å². The number of amides is 1. The maximum Gasteiger partial charge on any atom is 0.411 e. The zero-order valence-electron chi connectivity index (χ0n) is 18.3. The molecule has 170 valence electrons. The van der Waals surface area contributed by atoms with Crippen molar-refractivity contribution in [2.75, 3.05) is 18.5 Å². The van der Waals surface area contributed by atoms with Gasteiger partial charge < -0.3 is 19.1 Å². The van der Waals surface area contributed by atoms with E-state index in [4.69, 9.17) is 14.6 Å². The Morgan fingerprint density at radius 1 is 1.18 bits per heavy atom.